The molecule has 0 saturated carbocycles. The third kappa shape index (κ3) is 3.58. The van der Waals surface area contributed by atoms with Gasteiger partial charge in [-0.3, -0.25) is 0 Å². The molecule has 63 valence electrons. The van der Waals surface area contributed by atoms with E-state index in [1.165, 1.54) is 5.56 Å². The third-order valence-electron chi connectivity index (χ3n) is 1.48. The fraction of sp³-hybridized carbons (Fsp3) is 0.222. The first kappa shape index (κ1) is 9.34. The number of carbonyl (C=O) groups is 1. The molecule has 0 spiro atoms. The van der Waals surface area contributed by atoms with Gasteiger partial charge in [-0.2, -0.15) is 0 Å². The van der Waals surface area contributed by atoms with Crippen LogP contribution in [0.5, 0.6) is 0 Å². The van der Waals surface area contributed by atoms with E-state index in [0.29, 0.717) is 0 Å². The number of hydrogen-bond acceptors (Lipinski definition) is 1. The fourth-order valence-electron chi connectivity index (χ4n) is 0.902. The minimum atomic E-state index is -0.777. The average molecular weight is 225 g/mol. The number of hydrogen-bond donors (Lipinski definition) is 1. The van der Waals surface area contributed by atoms with Crippen molar-refractivity contribution >= 4 is 20.5 Å². The molecule has 1 rings (SSSR count). The molecule has 12 heavy (non-hydrogen) atoms. The van der Waals surface area contributed by atoms with Crippen LogP contribution in [0.4, 0.5) is 4.79 Å². The summed E-state index contributed by atoms with van der Waals surface area (Å²) in [6.07, 6.45) is 0.890. The van der Waals surface area contributed by atoms with Crippen molar-refractivity contribution in [3.8, 4) is 0 Å². The van der Waals surface area contributed by atoms with Crippen molar-refractivity contribution in [3.63, 3.8) is 0 Å². The van der Waals surface area contributed by atoms with Gasteiger partial charge in [0, 0.05) is 0 Å². The van der Waals surface area contributed by atoms with Gasteiger partial charge >= 0.3 is 77.9 Å². The molecule has 0 saturated heterocycles. The SMILES string of the molecule is O=C(O)[AsH]CCc1cc[c]cc1. The Kier molecular flexibility index (Phi) is 3.89. The van der Waals surface area contributed by atoms with Crippen LogP contribution < -0.4 is 0 Å². The second kappa shape index (κ2) is 4.99. The van der Waals surface area contributed by atoms with Gasteiger partial charge in [0.05, 0.1) is 0 Å². The molecule has 0 amide bonds. The van der Waals surface area contributed by atoms with E-state index in [-0.39, 0.29) is 0 Å². The van der Waals surface area contributed by atoms with Crippen molar-refractivity contribution in [1.82, 2.24) is 0 Å². The Morgan fingerprint density at radius 2 is 2.17 bits per heavy atom. The molecule has 0 aliphatic rings. The Hall–Kier alpha value is -0.752. The third-order valence-corrected chi connectivity index (χ3v) is 3.16. The molecule has 1 aromatic rings. The van der Waals surface area contributed by atoms with E-state index < -0.39 is 20.5 Å². The van der Waals surface area contributed by atoms with Gasteiger partial charge in [-0.15, -0.1) is 0 Å². The Morgan fingerprint density at radius 3 is 2.75 bits per heavy atom. The maximum absolute atomic E-state index is 10.2. The Labute approximate surface area is 78.3 Å². The molecule has 1 unspecified atom stereocenters. The molecule has 2 nitrogen and oxygen atoms in total. The molecule has 0 fully saturated rings. The molecule has 0 aromatic heterocycles. The summed E-state index contributed by atoms with van der Waals surface area (Å²) in [5.41, 5.74) is 1.21. The number of aryl methyl sites for hydroxylation is 1. The first-order valence-electron chi connectivity index (χ1n) is 3.71. The normalized spacial score (nSPS) is 10.7. The quantitative estimate of drug-likeness (QED) is 0.789. The standard InChI is InChI=1S/C9H10AsO2/c11-9(12)10-7-6-8-4-2-1-3-5-8/h2-5,10H,6-7H2,(H,11,12). The van der Waals surface area contributed by atoms with Gasteiger partial charge in [-0.25, -0.2) is 0 Å². The van der Waals surface area contributed by atoms with E-state index in [1.807, 2.05) is 24.3 Å². The van der Waals surface area contributed by atoms with E-state index in [4.69, 9.17) is 5.11 Å². The molecule has 1 N–H and O–H groups in total. The Bertz CT molecular complexity index is 246. The molecule has 1 radical (unpaired) electrons. The van der Waals surface area contributed by atoms with Gasteiger partial charge in [0.1, 0.15) is 0 Å². The molecule has 3 heteroatoms. The van der Waals surface area contributed by atoms with Gasteiger partial charge < -0.3 is 0 Å². The zero-order valence-electron chi connectivity index (χ0n) is 6.58. The molecule has 0 bridgehead atoms. The monoisotopic (exact) mass is 225 g/mol. The van der Waals surface area contributed by atoms with E-state index in [1.54, 1.807) is 0 Å². The molecule has 1 aromatic carbocycles. The van der Waals surface area contributed by atoms with Crippen LogP contribution in [0.3, 0.4) is 0 Å². The van der Waals surface area contributed by atoms with Gasteiger partial charge in [0.15, 0.2) is 0 Å². The predicted molar refractivity (Wildman–Crippen MR) is 49.0 cm³/mol. The van der Waals surface area contributed by atoms with Gasteiger partial charge in [0.25, 0.3) is 0 Å². The Morgan fingerprint density at radius 1 is 1.50 bits per heavy atom. The van der Waals surface area contributed by atoms with E-state index in [9.17, 15) is 4.79 Å². The predicted octanol–water partition coefficient (Wildman–Crippen LogP) is 1.56. The second-order valence-electron chi connectivity index (χ2n) is 2.39. The van der Waals surface area contributed by atoms with Crippen molar-refractivity contribution in [2.45, 2.75) is 11.6 Å². The zero-order chi connectivity index (χ0) is 8.81. The van der Waals surface area contributed by atoms with Crippen LogP contribution in [-0.4, -0.2) is 25.6 Å². The van der Waals surface area contributed by atoms with Crippen LogP contribution in [0.1, 0.15) is 5.56 Å². The molecular weight excluding hydrogens is 215 g/mol. The van der Waals surface area contributed by atoms with Crippen molar-refractivity contribution < 1.29 is 9.90 Å². The Balaban J connectivity index is 2.29. The first-order valence-corrected chi connectivity index (χ1v) is 6.24. The van der Waals surface area contributed by atoms with Crippen LogP contribution in [0.25, 0.3) is 0 Å². The summed E-state index contributed by atoms with van der Waals surface area (Å²) in [6.45, 7) is 0. The number of benzene rings is 1. The van der Waals surface area contributed by atoms with Gasteiger partial charge in [-0.1, -0.05) is 0 Å². The van der Waals surface area contributed by atoms with Crippen LogP contribution >= 0.6 is 0 Å². The van der Waals surface area contributed by atoms with E-state index in [2.05, 4.69) is 6.07 Å². The summed E-state index contributed by atoms with van der Waals surface area (Å²) >= 11 is -0.777. The summed E-state index contributed by atoms with van der Waals surface area (Å²) in [6, 6.07) is 10.6. The van der Waals surface area contributed by atoms with Crippen molar-refractivity contribution in [2.24, 2.45) is 0 Å². The summed E-state index contributed by atoms with van der Waals surface area (Å²) in [7, 11) is 0. The van der Waals surface area contributed by atoms with Crippen molar-refractivity contribution in [2.75, 3.05) is 0 Å². The minimum absolute atomic E-state index is 0.600. The van der Waals surface area contributed by atoms with Gasteiger partial charge in [0.2, 0.25) is 0 Å². The summed E-state index contributed by atoms with van der Waals surface area (Å²) < 4.78 is -0.600. The molecular formula is C9H10AsO2. The van der Waals surface area contributed by atoms with Crippen LogP contribution in [-0.2, 0) is 6.42 Å². The second-order valence-corrected chi connectivity index (χ2v) is 5.08. The maximum atomic E-state index is 10.2. The summed E-state index contributed by atoms with van der Waals surface area (Å²) in [4.78, 5) is 10.2. The summed E-state index contributed by atoms with van der Waals surface area (Å²) in [5.74, 6) is 0. The molecule has 1 atom stereocenters. The molecule has 0 heterocycles. The van der Waals surface area contributed by atoms with Crippen molar-refractivity contribution in [1.29, 1.82) is 0 Å². The van der Waals surface area contributed by atoms with Gasteiger partial charge in [-0.05, 0) is 0 Å². The topological polar surface area (TPSA) is 37.3 Å². The fourth-order valence-corrected chi connectivity index (χ4v) is 2.22. The van der Waals surface area contributed by atoms with E-state index in [0.717, 1.165) is 11.6 Å². The number of carboxylic acid groups (broad SMARTS) is 1. The average Bonchev–Trinajstić information content (AvgIpc) is 2.05. The first-order chi connectivity index (χ1) is 5.79. The van der Waals surface area contributed by atoms with E-state index >= 15 is 0 Å². The van der Waals surface area contributed by atoms with Crippen molar-refractivity contribution in [3.05, 3.63) is 35.9 Å². The van der Waals surface area contributed by atoms with Crippen LogP contribution in [0.2, 0.25) is 5.21 Å². The van der Waals surface area contributed by atoms with Crippen LogP contribution in [0.15, 0.2) is 24.3 Å². The zero-order valence-corrected chi connectivity index (χ0v) is 8.68. The molecule has 0 aliphatic carbocycles. The van der Waals surface area contributed by atoms with Crippen LogP contribution in [0, 0.1) is 6.07 Å². The summed E-state index contributed by atoms with van der Waals surface area (Å²) in [5, 5.41) is 9.27. The number of rotatable bonds is 4. The molecule has 0 aliphatic heterocycles.